The average molecular weight is 275 g/mol. The molecule has 20 heavy (non-hydrogen) atoms. The summed E-state index contributed by atoms with van der Waals surface area (Å²) in [5.41, 5.74) is 0.999. The molecule has 2 aliphatic carbocycles. The highest BCUT2D eigenvalue weighted by Gasteiger charge is 2.23. The van der Waals surface area contributed by atoms with Gasteiger partial charge in [0.05, 0.1) is 18.1 Å². The van der Waals surface area contributed by atoms with Gasteiger partial charge in [-0.25, -0.2) is 4.98 Å². The predicted molar refractivity (Wildman–Crippen MR) is 78.6 cm³/mol. The zero-order chi connectivity index (χ0) is 13.8. The Balaban J connectivity index is 1.49. The maximum absolute atomic E-state index is 5.99. The van der Waals surface area contributed by atoms with Gasteiger partial charge in [0.1, 0.15) is 6.10 Å². The van der Waals surface area contributed by atoms with Gasteiger partial charge in [0.2, 0.25) is 5.88 Å². The lowest BCUT2D eigenvalue weighted by Crippen LogP contribution is -2.25. The minimum absolute atomic E-state index is 0.332. The Labute approximate surface area is 121 Å². The Morgan fingerprint density at radius 2 is 2.10 bits per heavy atom. The van der Waals surface area contributed by atoms with E-state index in [0.29, 0.717) is 18.0 Å². The number of hydrogen-bond donors (Lipinski definition) is 1. The third-order valence-corrected chi connectivity index (χ3v) is 4.43. The molecule has 2 unspecified atom stereocenters. The summed E-state index contributed by atoms with van der Waals surface area (Å²) in [6.45, 7) is 3.09. The van der Waals surface area contributed by atoms with Crippen molar-refractivity contribution in [3.8, 4) is 5.88 Å². The van der Waals surface area contributed by atoms with E-state index in [1.165, 1.54) is 38.5 Å². The zero-order valence-electron chi connectivity index (χ0n) is 12.3. The molecule has 2 aliphatic rings. The van der Waals surface area contributed by atoms with Gasteiger partial charge in [-0.3, -0.25) is 4.98 Å². The Morgan fingerprint density at radius 3 is 2.80 bits per heavy atom. The van der Waals surface area contributed by atoms with E-state index in [4.69, 9.17) is 4.74 Å². The van der Waals surface area contributed by atoms with Crippen LogP contribution in [0.15, 0.2) is 12.4 Å². The molecule has 1 heterocycles. The number of hydrogen-bond acceptors (Lipinski definition) is 4. The van der Waals surface area contributed by atoms with Crippen LogP contribution in [0.1, 0.15) is 57.6 Å². The van der Waals surface area contributed by atoms with Crippen LogP contribution in [0.4, 0.5) is 0 Å². The van der Waals surface area contributed by atoms with Gasteiger partial charge in [0.25, 0.3) is 0 Å². The lowest BCUT2D eigenvalue weighted by atomic mass is 9.85. The molecule has 1 N–H and O–H groups in total. The number of aromatic nitrogens is 2. The van der Waals surface area contributed by atoms with E-state index in [0.717, 1.165) is 24.6 Å². The minimum Gasteiger partial charge on any atom is -0.473 e. The van der Waals surface area contributed by atoms with Gasteiger partial charge in [-0.15, -0.1) is 0 Å². The van der Waals surface area contributed by atoms with E-state index in [9.17, 15) is 0 Å². The summed E-state index contributed by atoms with van der Waals surface area (Å²) in [7, 11) is 0. The second-order valence-electron chi connectivity index (χ2n) is 6.18. The maximum atomic E-state index is 5.99. The first-order chi connectivity index (χ1) is 9.83. The highest BCUT2D eigenvalue weighted by molar-refractivity contribution is 5.08. The van der Waals surface area contributed by atoms with E-state index in [-0.39, 0.29) is 0 Å². The SMILES string of the molecule is CCC1CCCC(Oc2cnc(CNC3CC3)cn2)C1. The molecule has 0 bridgehead atoms. The van der Waals surface area contributed by atoms with Crippen molar-refractivity contribution in [1.82, 2.24) is 15.3 Å². The van der Waals surface area contributed by atoms with Gasteiger partial charge in [-0.05, 0) is 38.0 Å². The number of nitrogens with one attached hydrogen (secondary N) is 1. The summed E-state index contributed by atoms with van der Waals surface area (Å²) in [6.07, 6.45) is 12.8. The van der Waals surface area contributed by atoms with Gasteiger partial charge in [-0.1, -0.05) is 19.8 Å². The molecule has 0 aromatic carbocycles. The average Bonchev–Trinajstić information content (AvgIpc) is 3.31. The molecule has 0 spiro atoms. The Hall–Kier alpha value is -1.16. The Morgan fingerprint density at radius 1 is 1.20 bits per heavy atom. The normalized spacial score (nSPS) is 26.4. The molecule has 110 valence electrons. The van der Waals surface area contributed by atoms with Crippen LogP contribution < -0.4 is 10.1 Å². The number of ether oxygens (including phenoxy) is 1. The standard InChI is InChI=1S/C16H25N3O/c1-2-12-4-3-5-15(8-12)20-16-11-18-14(10-19-16)9-17-13-6-7-13/h10-13,15,17H,2-9H2,1H3. The van der Waals surface area contributed by atoms with Gasteiger partial charge in [0.15, 0.2) is 0 Å². The van der Waals surface area contributed by atoms with Gasteiger partial charge >= 0.3 is 0 Å². The van der Waals surface area contributed by atoms with Crippen molar-refractivity contribution < 1.29 is 4.74 Å². The van der Waals surface area contributed by atoms with E-state index in [1.54, 1.807) is 6.20 Å². The fourth-order valence-electron chi connectivity index (χ4n) is 2.92. The third kappa shape index (κ3) is 3.92. The molecule has 3 rings (SSSR count). The molecule has 0 aliphatic heterocycles. The van der Waals surface area contributed by atoms with Gasteiger partial charge in [0, 0.05) is 12.6 Å². The van der Waals surface area contributed by atoms with Crippen molar-refractivity contribution in [2.75, 3.05) is 0 Å². The molecule has 4 heteroatoms. The highest BCUT2D eigenvalue weighted by atomic mass is 16.5. The predicted octanol–water partition coefficient (Wildman–Crippen LogP) is 3.08. The molecule has 2 saturated carbocycles. The van der Waals surface area contributed by atoms with Crippen LogP contribution in [0.3, 0.4) is 0 Å². The summed E-state index contributed by atoms with van der Waals surface area (Å²) in [4.78, 5) is 8.83. The summed E-state index contributed by atoms with van der Waals surface area (Å²) in [6, 6.07) is 0.709. The molecule has 2 atom stereocenters. The largest absolute Gasteiger partial charge is 0.473 e. The summed E-state index contributed by atoms with van der Waals surface area (Å²) in [5, 5.41) is 3.44. The molecule has 4 nitrogen and oxygen atoms in total. The van der Waals surface area contributed by atoms with Crippen molar-refractivity contribution in [1.29, 1.82) is 0 Å². The van der Waals surface area contributed by atoms with Crippen LogP contribution in [0.25, 0.3) is 0 Å². The molecule has 0 saturated heterocycles. The van der Waals surface area contributed by atoms with E-state index < -0.39 is 0 Å². The van der Waals surface area contributed by atoms with Crippen molar-refractivity contribution in [3.05, 3.63) is 18.1 Å². The molecule has 2 fully saturated rings. The fourth-order valence-corrected chi connectivity index (χ4v) is 2.92. The molecule has 0 radical (unpaired) electrons. The molecular formula is C16H25N3O. The van der Waals surface area contributed by atoms with Crippen molar-refractivity contribution in [3.63, 3.8) is 0 Å². The zero-order valence-corrected chi connectivity index (χ0v) is 12.3. The smallest absolute Gasteiger partial charge is 0.232 e. The summed E-state index contributed by atoms with van der Waals surface area (Å²) < 4.78 is 5.99. The van der Waals surface area contributed by atoms with Gasteiger partial charge < -0.3 is 10.1 Å². The van der Waals surface area contributed by atoms with Crippen LogP contribution in [0, 0.1) is 5.92 Å². The maximum Gasteiger partial charge on any atom is 0.232 e. The molecule has 1 aromatic rings. The first-order valence-corrected chi connectivity index (χ1v) is 8.04. The second-order valence-corrected chi connectivity index (χ2v) is 6.18. The monoisotopic (exact) mass is 275 g/mol. The lowest BCUT2D eigenvalue weighted by molar-refractivity contribution is 0.116. The van der Waals surface area contributed by atoms with Gasteiger partial charge in [-0.2, -0.15) is 0 Å². The Kier molecular flexibility index (Phi) is 4.51. The minimum atomic E-state index is 0.332. The van der Waals surface area contributed by atoms with Crippen LogP contribution in [-0.4, -0.2) is 22.1 Å². The summed E-state index contributed by atoms with van der Waals surface area (Å²) >= 11 is 0. The number of nitrogens with zero attached hydrogens (tertiary/aromatic N) is 2. The van der Waals surface area contributed by atoms with Crippen LogP contribution in [-0.2, 0) is 6.54 Å². The Bertz CT molecular complexity index is 416. The fraction of sp³-hybridized carbons (Fsp3) is 0.750. The first-order valence-electron chi connectivity index (χ1n) is 8.04. The topological polar surface area (TPSA) is 47.0 Å². The number of rotatable bonds is 6. The van der Waals surface area contributed by atoms with Crippen molar-refractivity contribution in [2.24, 2.45) is 5.92 Å². The quantitative estimate of drug-likeness (QED) is 0.866. The van der Waals surface area contributed by atoms with Crippen LogP contribution in [0.2, 0.25) is 0 Å². The van der Waals surface area contributed by atoms with Crippen LogP contribution in [0.5, 0.6) is 5.88 Å². The molecule has 1 aromatic heterocycles. The first kappa shape index (κ1) is 13.8. The van der Waals surface area contributed by atoms with E-state index >= 15 is 0 Å². The van der Waals surface area contributed by atoms with E-state index in [1.807, 2.05) is 6.20 Å². The lowest BCUT2D eigenvalue weighted by Gasteiger charge is -2.28. The van der Waals surface area contributed by atoms with E-state index in [2.05, 4.69) is 22.2 Å². The third-order valence-electron chi connectivity index (χ3n) is 4.43. The van der Waals surface area contributed by atoms with Crippen LogP contribution >= 0.6 is 0 Å². The molecule has 0 amide bonds. The van der Waals surface area contributed by atoms with Crippen molar-refractivity contribution in [2.45, 2.75) is 70.6 Å². The second kappa shape index (κ2) is 6.53. The summed E-state index contributed by atoms with van der Waals surface area (Å²) in [5.74, 6) is 1.51. The molecular weight excluding hydrogens is 250 g/mol. The van der Waals surface area contributed by atoms with Crippen molar-refractivity contribution >= 4 is 0 Å². The highest BCUT2D eigenvalue weighted by Crippen LogP contribution is 2.28.